The highest BCUT2D eigenvalue weighted by molar-refractivity contribution is 9.10. The van der Waals surface area contributed by atoms with Gasteiger partial charge in [-0.25, -0.2) is 8.78 Å². The number of benzene rings is 1. The zero-order valence-electron chi connectivity index (χ0n) is 11.5. The molecule has 0 radical (unpaired) electrons. The lowest BCUT2D eigenvalue weighted by Gasteiger charge is -2.35. The van der Waals surface area contributed by atoms with Crippen LogP contribution in [0.5, 0.6) is 0 Å². The van der Waals surface area contributed by atoms with Gasteiger partial charge in [-0.05, 0) is 18.6 Å². The monoisotopic (exact) mass is 368 g/mol. The molecule has 0 aromatic heterocycles. The van der Waals surface area contributed by atoms with Crippen LogP contribution in [0.2, 0.25) is 0 Å². The standard InChI is InChI=1S/C14H19BrF2N2.ClH/c1-2-3-13(19-6-4-18-5-7-19)14-11(16)8-10(15)9-12(14)17;/h8-9,13,18H,2-7H2,1H3;1H/t13-;/m1./s1. The van der Waals surface area contributed by atoms with E-state index in [1.807, 2.05) is 6.92 Å². The molecule has 1 aliphatic rings. The van der Waals surface area contributed by atoms with Gasteiger partial charge in [0, 0.05) is 42.3 Å². The third-order valence-electron chi connectivity index (χ3n) is 3.53. The van der Waals surface area contributed by atoms with Crippen molar-refractivity contribution in [3.05, 3.63) is 33.8 Å². The Hall–Kier alpha value is -0.230. The van der Waals surface area contributed by atoms with E-state index in [0.29, 0.717) is 4.47 Å². The summed E-state index contributed by atoms with van der Waals surface area (Å²) in [4.78, 5) is 2.18. The highest BCUT2D eigenvalue weighted by Crippen LogP contribution is 2.32. The Morgan fingerprint density at radius 2 is 1.80 bits per heavy atom. The van der Waals surface area contributed by atoms with E-state index in [4.69, 9.17) is 0 Å². The fraction of sp³-hybridized carbons (Fsp3) is 0.571. The number of piperazine rings is 1. The van der Waals surface area contributed by atoms with Crippen LogP contribution in [0.1, 0.15) is 31.4 Å². The first-order chi connectivity index (χ1) is 9.13. The van der Waals surface area contributed by atoms with E-state index in [9.17, 15) is 8.78 Å². The number of hydrogen-bond acceptors (Lipinski definition) is 2. The smallest absolute Gasteiger partial charge is 0.132 e. The molecule has 0 spiro atoms. The molecule has 0 amide bonds. The van der Waals surface area contributed by atoms with Crippen LogP contribution in [0.15, 0.2) is 16.6 Å². The highest BCUT2D eigenvalue weighted by Gasteiger charge is 2.27. The first kappa shape index (κ1) is 17.8. The molecule has 0 bridgehead atoms. The molecule has 20 heavy (non-hydrogen) atoms. The van der Waals surface area contributed by atoms with E-state index >= 15 is 0 Å². The highest BCUT2D eigenvalue weighted by atomic mass is 79.9. The second kappa shape index (κ2) is 8.27. The molecule has 1 heterocycles. The van der Waals surface area contributed by atoms with Crippen LogP contribution in [0.3, 0.4) is 0 Å². The Morgan fingerprint density at radius 3 is 2.30 bits per heavy atom. The number of nitrogens with one attached hydrogen (secondary N) is 1. The van der Waals surface area contributed by atoms with E-state index in [0.717, 1.165) is 39.0 Å². The predicted molar refractivity (Wildman–Crippen MR) is 83.4 cm³/mol. The zero-order chi connectivity index (χ0) is 13.8. The minimum Gasteiger partial charge on any atom is -0.314 e. The number of halogens is 4. The lowest BCUT2D eigenvalue weighted by Crippen LogP contribution is -2.45. The van der Waals surface area contributed by atoms with Gasteiger partial charge >= 0.3 is 0 Å². The van der Waals surface area contributed by atoms with Crippen LogP contribution in [0.25, 0.3) is 0 Å². The SMILES string of the molecule is CCC[C@H](c1c(F)cc(Br)cc1F)N1CCNCC1.Cl. The minimum atomic E-state index is -0.455. The maximum atomic E-state index is 14.1. The fourth-order valence-corrected chi connectivity index (χ4v) is 3.05. The van der Waals surface area contributed by atoms with E-state index < -0.39 is 11.6 Å². The third kappa shape index (κ3) is 4.13. The van der Waals surface area contributed by atoms with Gasteiger partial charge in [0.15, 0.2) is 0 Å². The molecule has 1 saturated heterocycles. The summed E-state index contributed by atoms with van der Waals surface area (Å²) in [5.74, 6) is -0.910. The molecular formula is C14H20BrClF2N2. The Bertz CT molecular complexity index is 416. The van der Waals surface area contributed by atoms with E-state index in [-0.39, 0.29) is 24.0 Å². The van der Waals surface area contributed by atoms with Crippen molar-refractivity contribution in [1.29, 1.82) is 0 Å². The van der Waals surface area contributed by atoms with Crippen molar-refractivity contribution in [2.24, 2.45) is 0 Å². The van der Waals surface area contributed by atoms with Crippen LogP contribution < -0.4 is 5.32 Å². The zero-order valence-corrected chi connectivity index (χ0v) is 13.9. The van der Waals surface area contributed by atoms with Gasteiger partial charge in [-0.2, -0.15) is 0 Å². The second-order valence-corrected chi connectivity index (χ2v) is 5.79. The average Bonchev–Trinajstić information content (AvgIpc) is 2.37. The summed E-state index contributed by atoms with van der Waals surface area (Å²) in [7, 11) is 0. The van der Waals surface area contributed by atoms with Gasteiger partial charge in [0.25, 0.3) is 0 Å². The average molecular weight is 370 g/mol. The van der Waals surface area contributed by atoms with Gasteiger partial charge in [-0.3, -0.25) is 4.90 Å². The molecule has 1 aromatic carbocycles. The number of rotatable bonds is 4. The Kier molecular flexibility index (Phi) is 7.37. The number of hydrogen-bond donors (Lipinski definition) is 1. The Morgan fingerprint density at radius 1 is 1.25 bits per heavy atom. The quantitative estimate of drug-likeness (QED) is 0.866. The van der Waals surface area contributed by atoms with Gasteiger partial charge in [-0.15, -0.1) is 12.4 Å². The molecule has 1 aliphatic heterocycles. The summed E-state index contributed by atoms with van der Waals surface area (Å²) in [6.07, 6.45) is 1.68. The van der Waals surface area contributed by atoms with Crippen molar-refractivity contribution in [1.82, 2.24) is 10.2 Å². The van der Waals surface area contributed by atoms with Gasteiger partial charge < -0.3 is 5.32 Å². The fourth-order valence-electron chi connectivity index (χ4n) is 2.65. The van der Waals surface area contributed by atoms with Gasteiger partial charge in [0.05, 0.1) is 0 Å². The molecule has 1 fully saturated rings. The molecule has 0 aliphatic carbocycles. The van der Waals surface area contributed by atoms with Gasteiger partial charge in [0.2, 0.25) is 0 Å². The predicted octanol–water partition coefficient (Wildman–Crippen LogP) is 3.90. The summed E-state index contributed by atoms with van der Waals surface area (Å²) in [6, 6.07) is 2.53. The van der Waals surface area contributed by atoms with Crippen molar-refractivity contribution in [2.75, 3.05) is 26.2 Å². The van der Waals surface area contributed by atoms with Gasteiger partial charge in [-0.1, -0.05) is 29.3 Å². The maximum Gasteiger partial charge on any atom is 0.132 e. The molecule has 114 valence electrons. The lowest BCUT2D eigenvalue weighted by atomic mass is 9.98. The normalized spacial score (nSPS) is 17.6. The van der Waals surface area contributed by atoms with Crippen LogP contribution in [0.4, 0.5) is 8.78 Å². The minimum absolute atomic E-state index is 0. The Balaban J connectivity index is 0.00000200. The Labute approximate surface area is 133 Å². The third-order valence-corrected chi connectivity index (χ3v) is 3.99. The second-order valence-electron chi connectivity index (χ2n) is 4.87. The summed E-state index contributed by atoms with van der Waals surface area (Å²) in [5, 5.41) is 3.26. The molecule has 2 nitrogen and oxygen atoms in total. The van der Waals surface area contributed by atoms with Crippen LogP contribution in [0, 0.1) is 11.6 Å². The molecule has 1 N–H and O–H groups in total. The molecule has 0 unspecified atom stereocenters. The lowest BCUT2D eigenvalue weighted by molar-refractivity contribution is 0.158. The van der Waals surface area contributed by atoms with Gasteiger partial charge in [0.1, 0.15) is 11.6 Å². The maximum absolute atomic E-state index is 14.1. The van der Waals surface area contributed by atoms with Crippen molar-refractivity contribution < 1.29 is 8.78 Å². The van der Waals surface area contributed by atoms with Crippen molar-refractivity contribution in [3.8, 4) is 0 Å². The first-order valence-corrected chi connectivity index (χ1v) is 7.52. The first-order valence-electron chi connectivity index (χ1n) is 6.72. The van der Waals surface area contributed by atoms with Crippen LogP contribution >= 0.6 is 28.3 Å². The van der Waals surface area contributed by atoms with Crippen molar-refractivity contribution in [3.63, 3.8) is 0 Å². The van der Waals surface area contributed by atoms with E-state index in [1.54, 1.807) is 0 Å². The van der Waals surface area contributed by atoms with Crippen LogP contribution in [-0.4, -0.2) is 31.1 Å². The largest absolute Gasteiger partial charge is 0.314 e. The molecule has 2 rings (SSSR count). The van der Waals surface area contributed by atoms with Crippen molar-refractivity contribution >= 4 is 28.3 Å². The summed E-state index contributed by atoms with van der Waals surface area (Å²) in [6.45, 7) is 5.46. The summed E-state index contributed by atoms with van der Waals surface area (Å²) in [5.41, 5.74) is 0.215. The molecule has 1 atom stereocenters. The summed E-state index contributed by atoms with van der Waals surface area (Å²) < 4.78 is 28.7. The van der Waals surface area contributed by atoms with E-state index in [1.165, 1.54) is 12.1 Å². The molecular weight excluding hydrogens is 350 g/mol. The van der Waals surface area contributed by atoms with E-state index in [2.05, 4.69) is 26.1 Å². The van der Waals surface area contributed by atoms with Crippen molar-refractivity contribution in [2.45, 2.75) is 25.8 Å². The topological polar surface area (TPSA) is 15.3 Å². The summed E-state index contributed by atoms with van der Waals surface area (Å²) >= 11 is 3.13. The molecule has 0 saturated carbocycles. The van der Waals surface area contributed by atoms with Crippen LogP contribution in [-0.2, 0) is 0 Å². The molecule has 1 aromatic rings. The molecule has 6 heteroatoms. The number of nitrogens with zero attached hydrogens (tertiary/aromatic N) is 1.